The Labute approximate surface area is 131 Å². The predicted molar refractivity (Wildman–Crippen MR) is 84.1 cm³/mol. The average Bonchev–Trinajstić information content (AvgIpc) is 3.00. The van der Waals surface area contributed by atoms with Crippen molar-refractivity contribution in [2.75, 3.05) is 6.54 Å². The van der Waals surface area contributed by atoms with E-state index in [1.807, 2.05) is 6.20 Å². The van der Waals surface area contributed by atoms with Crippen molar-refractivity contribution in [2.45, 2.75) is 57.9 Å². The number of aromatic nitrogens is 2. The number of hydrogen-bond donors (Lipinski definition) is 3. The molecule has 0 radical (unpaired) electrons. The molecule has 22 heavy (non-hydrogen) atoms. The fourth-order valence-corrected chi connectivity index (χ4v) is 3.10. The number of rotatable bonds is 7. The van der Waals surface area contributed by atoms with Gasteiger partial charge in [0.15, 0.2) is 0 Å². The number of aromatic amines is 1. The van der Waals surface area contributed by atoms with Gasteiger partial charge < -0.3 is 15.6 Å². The number of carbonyl (C=O) groups is 2. The maximum atomic E-state index is 12.3. The summed E-state index contributed by atoms with van der Waals surface area (Å²) >= 11 is 0. The van der Waals surface area contributed by atoms with Crippen LogP contribution in [-0.2, 0) is 16.0 Å². The van der Waals surface area contributed by atoms with Crippen LogP contribution in [0.15, 0.2) is 12.5 Å². The topological polar surface area (TPSA) is 86.9 Å². The maximum Gasteiger partial charge on any atom is 0.242 e. The first-order chi connectivity index (χ1) is 10.6. The van der Waals surface area contributed by atoms with Crippen LogP contribution in [0.3, 0.4) is 0 Å². The van der Waals surface area contributed by atoms with Crippen LogP contribution in [0.1, 0.15) is 51.1 Å². The van der Waals surface area contributed by atoms with Crippen molar-refractivity contribution in [1.29, 1.82) is 0 Å². The van der Waals surface area contributed by atoms with Gasteiger partial charge in [0.2, 0.25) is 11.8 Å². The Hall–Kier alpha value is -1.85. The van der Waals surface area contributed by atoms with Crippen molar-refractivity contribution in [3.8, 4) is 0 Å². The van der Waals surface area contributed by atoms with Crippen LogP contribution in [-0.4, -0.2) is 34.4 Å². The molecule has 0 aromatic carbocycles. The van der Waals surface area contributed by atoms with E-state index in [1.165, 1.54) is 26.2 Å². The van der Waals surface area contributed by atoms with Crippen molar-refractivity contribution in [3.63, 3.8) is 0 Å². The second kappa shape index (κ2) is 8.56. The first kappa shape index (κ1) is 16.5. The minimum Gasteiger partial charge on any atom is -0.354 e. The maximum absolute atomic E-state index is 12.3. The molecule has 2 amide bonds. The summed E-state index contributed by atoms with van der Waals surface area (Å²) in [6.45, 7) is 2.00. The van der Waals surface area contributed by atoms with Crippen LogP contribution < -0.4 is 10.6 Å². The Kier molecular flexibility index (Phi) is 6.43. The van der Waals surface area contributed by atoms with Gasteiger partial charge in [-0.15, -0.1) is 0 Å². The van der Waals surface area contributed by atoms with E-state index in [9.17, 15) is 9.59 Å². The van der Waals surface area contributed by atoms with E-state index in [0.717, 1.165) is 25.0 Å². The van der Waals surface area contributed by atoms with Gasteiger partial charge in [-0.05, 0) is 12.3 Å². The highest BCUT2D eigenvalue weighted by molar-refractivity contribution is 5.86. The largest absolute Gasteiger partial charge is 0.354 e. The summed E-state index contributed by atoms with van der Waals surface area (Å²) in [6.07, 6.45) is 11.0. The zero-order chi connectivity index (χ0) is 15.8. The summed E-state index contributed by atoms with van der Waals surface area (Å²) in [5.41, 5.74) is 0.920. The van der Waals surface area contributed by atoms with Crippen LogP contribution in [0.2, 0.25) is 0 Å². The molecule has 0 spiro atoms. The molecule has 0 aliphatic heterocycles. The number of carbonyl (C=O) groups excluding carboxylic acids is 2. The molecule has 1 aliphatic rings. The normalized spacial score (nSPS) is 17.0. The number of hydrogen-bond acceptors (Lipinski definition) is 3. The lowest BCUT2D eigenvalue weighted by molar-refractivity contribution is -0.128. The summed E-state index contributed by atoms with van der Waals surface area (Å²) in [5, 5.41) is 5.71. The van der Waals surface area contributed by atoms with Gasteiger partial charge in [-0.2, -0.15) is 0 Å². The molecule has 1 atom stereocenters. The van der Waals surface area contributed by atoms with Gasteiger partial charge in [-0.3, -0.25) is 9.59 Å². The highest BCUT2D eigenvalue weighted by Gasteiger charge is 2.24. The smallest absolute Gasteiger partial charge is 0.242 e. The van der Waals surface area contributed by atoms with Crippen LogP contribution in [0, 0.1) is 5.92 Å². The molecule has 1 aromatic heterocycles. The molecule has 1 aromatic rings. The van der Waals surface area contributed by atoms with Crippen LogP contribution >= 0.6 is 0 Å². The predicted octanol–water partition coefficient (Wildman–Crippen LogP) is 1.54. The Morgan fingerprint density at radius 2 is 2.14 bits per heavy atom. The summed E-state index contributed by atoms with van der Waals surface area (Å²) < 4.78 is 0. The fourth-order valence-electron chi connectivity index (χ4n) is 3.10. The van der Waals surface area contributed by atoms with E-state index in [2.05, 4.69) is 20.6 Å². The second-order valence-corrected chi connectivity index (χ2v) is 6.09. The molecular weight excluding hydrogens is 280 g/mol. The van der Waals surface area contributed by atoms with Gasteiger partial charge in [0.1, 0.15) is 6.04 Å². The molecule has 0 unspecified atom stereocenters. The zero-order valence-electron chi connectivity index (χ0n) is 13.2. The Morgan fingerprint density at radius 1 is 1.36 bits per heavy atom. The molecular formula is C16H26N4O2. The average molecular weight is 306 g/mol. The monoisotopic (exact) mass is 306 g/mol. The van der Waals surface area contributed by atoms with E-state index in [0.29, 0.717) is 18.9 Å². The molecule has 1 saturated carbocycles. The molecule has 122 valence electrons. The molecule has 1 heterocycles. The minimum absolute atomic E-state index is 0.0868. The van der Waals surface area contributed by atoms with Gasteiger partial charge >= 0.3 is 0 Å². The van der Waals surface area contributed by atoms with Crippen LogP contribution in [0.25, 0.3) is 0 Å². The third-order valence-electron chi connectivity index (χ3n) is 4.22. The molecule has 6 heteroatoms. The first-order valence-corrected chi connectivity index (χ1v) is 8.17. The lowest BCUT2D eigenvalue weighted by atomic mass is 9.84. The molecule has 3 N–H and O–H groups in total. The summed E-state index contributed by atoms with van der Waals surface area (Å²) in [6, 6.07) is -0.417. The van der Waals surface area contributed by atoms with Crippen molar-refractivity contribution >= 4 is 11.8 Å². The third kappa shape index (κ3) is 5.50. The van der Waals surface area contributed by atoms with Crippen LogP contribution in [0.4, 0.5) is 0 Å². The molecule has 0 saturated heterocycles. The van der Waals surface area contributed by atoms with E-state index < -0.39 is 6.04 Å². The van der Waals surface area contributed by atoms with Crippen molar-refractivity contribution in [2.24, 2.45) is 5.92 Å². The second-order valence-electron chi connectivity index (χ2n) is 6.09. The van der Waals surface area contributed by atoms with Crippen molar-refractivity contribution in [1.82, 2.24) is 20.6 Å². The van der Waals surface area contributed by atoms with E-state index in [1.54, 1.807) is 6.33 Å². The zero-order valence-corrected chi connectivity index (χ0v) is 13.2. The van der Waals surface area contributed by atoms with Crippen LogP contribution in [0.5, 0.6) is 0 Å². The van der Waals surface area contributed by atoms with E-state index in [-0.39, 0.29) is 11.8 Å². The van der Waals surface area contributed by atoms with Gasteiger partial charge in [0, 0.05) is 26.1 Å². The quantitative estimate of drug-likeness (QED) is 0.714. The Bertz CT molecular complexity index is 467. The summed E-state index contributed by atoms with van der Waals surface area (Å²) in [7, 11) is 0. The lowest BCUT2D eigenvalue weighted by Crippen LogP contribution is -2.47. The summed E-state index contributed by atoms with van der Waals surface area (Å²) in [5.74, 6) is 0.308. The van der Waals surface area contributed by atoms with Crippen molar-refractivity contribution < 1.29 is 9.59 Å². The van der Waals surface area contributed by atoms with E-state index >= 15 is 0 Å². The van der Waals surface area contributed by atoms with Gasteiger partial charge in [-0.25, -0.2) is 4.98 Å². The highest BCUT2D eigenvalue weighted by Crippen LogP contribution is 2.27. The van der Waals surface area contributed by atoms with E-state index in [4.69, 9.17) is 0 Å². The third-order valence-corrected chi connectivity index (χ3v) is 4.22. The molecule has 6 nitrogen and oxygen atoms in total. The number of imidazole rings is 1. The summed E-state index contributed by atoms with van der Waals surface area (Å²) in [4.78, 5) is 30.7. The van der Waals surface area contributed by atoms with Gasteiger partial charge in [-0.1, -0.05) is 32.1 Å². The Balaban J connectivity index is 1.80. The van der Waals surface area contributed by atoms with Gasteiger partial charge in [0.25, 0.3) is 0 Å². The Morgan fingerprint density at radius 3 is 2.77 bits per heavy atom. The molecule has 0 bridgehead atoms. The van der Waals surface area contributed by atoms with Gasteiger partial charge in [0.05, 0.1) is 12.0 Å². The molecule has 1 fully saturated rings. The minimum atomic E-state index is -0.417. The standard InChI is InChI=1S/C16H26N4O2/c1-12(21)20-15(9-13-5-3-2-4-6-13)16(22)18-8-7-14-10-17-11-19-14/h10-11,13,15H,2-9H2,1H3,(H,17,19)(H,18,22)(H,20,21)/t15-/m0/s1. The fraction of sp³-hybridized carbons (Fsp3) is 0.688. The number of amides is 2. The van der Waals surface area contributed by atoms with Crippen molar-refractivity contribution in [3.05, 3.63) is 18.2 Å². The molecule has 1 aliphatic carbocycles. The number of nitrogens with one attached hydrogen (secondary N) is 3. The number of nitrogens with zero attached hydrogens (tertiary/aromatic N) is 1. The number of H-pyrrole nitrogens is 1. The SMILES string of the molecule is CC(=O)N[C@@H](CC1CCCCC1)C(=O)NCCc1c[nH]cn1. The lowest BCUT2D eigenvalue weighted by Gasteiger charge is -2.26. The first-order valence-electron chi connectivity index (χ1n) is 8.17. The molecule has 2 rings (SSSR count). The highest BCUT2D eigenvalue weighted by atomic mass is 16.2.